The molecule has 2 aromatic rings. The Bertz CT molecular complexity index is 576. The Balaban J connectivity index is 2.21. The van der Waals surface area contributed by atoms with Gasteiger partial charge in [-0.05, 0) is 24.1 Å². The molecule has 84 valence electrons. The monoisotopic (exact) mass is 223 g/mol. The van der Waals surface area contributed by atoms with Crippen molar-refractivity contribution in [1.29, 1.82) is 0 Å². The van der Waals surface area contributed by atoms with Crippen LogP contribution in [0.2, 0.25) is 0 Å². The molecule has 1 atom stereocenters. The van der Waals surface area contributed by atoms with Gasteiger partial charge in [0.15, 0.2) is 0 Å². The third kappa shape index (κ3) is 1.37. The minimum absolute atomic E-state index is 0.00644. The lowest BCUT2D eigenvalue weighted by atomic mass is 9.85. The van der Waals surface area contributed by atoms with Crippen molar-refractivity contribution < 1.29 is 4.79 Å². The lowest BCUT2D eigenvalue weighted by Gasteiger charge is -2.26. The third-order valence-corrected chi connectivity index (χ3v) is 3.43. The number of nitrogens with one attached hydrogen (secondary N) is 1. The fourth-order valence-corrected chi connectivity index (χ4v) is 2.48. The molecule has 0 saturated heterocycles. The maximum Gasteiger partial charge on any atom is 0.252 e. The van der Waals surface area contributed by atoms with E-state index in [1.165, 1.54) is 0 Å². The zero-order valence-corrected chi connectivity index (χ0v) is 9.60. The van der Waals surface area contributed by atoms with E-state index in [1.54, 1.807) is 0 Å². The molecule has 0 radical (unpaired) electrons. The molecule has 2 heteroatoms. The Hall–Kier alpha value is -2.09. The van der Waals surface area contributed by atoms with Crippen LogP contribution in [-0.4, -0.2) is 5.91 Å². The molecule has 0 spiro atoms. The van der Waals surface area contributed by atoms with Crippen LogP contribution >= 0.6 is 0 Å². The second-order valence-corrected chi connectivity index (χ2v) is 4.49. The molecule has 0 fully saturated rings. The second-order valence-electron chi connectivity index (χ2n) is 4.49. The molecule has 0 bridgehead atoms. The number of amides is 1. The van der Waals surface area contributed by atoms with Gasteiger partial charge in [0.25, 0.3) is 5.91 Å². The van der Waals surface area contributed by atoms with Crippen molar-refractivity contribution in [3.05, 3.63) is 71.3 Å². The van der Waals surface area contributed by atoms with Gasteiger partial charge in [0.05, 0.1) is 5.54 Å². The molecule has 3 rings (SSSR count). The summed E-state index contributed by atoms with van der Waals surface area (Å²) in [6.45, 7) is 2.05. The van der Waals surface area contributed by atoms with Crippen LogP contribution in [0.5, 0.6) is 0 Å². The van der Waals surface area contributed by atoms with E-state index in [2.05, 4.69) is 5.32 Å². The number of hydrogen-bond donors (Lipinski definition) is 1. The van der Waals surface area contributed by atoms with Crippen LogP contribution in [0.25, 0.3) is 0 Å². The van der Waals surface area contributed by atoms with Gasteiger partial charge in [-0.3, -0.25) is 4.79 Å². The van der Waals surface area contributed by atoms with Gasteiger partial charge in [-0.25, -0.2) is 0 Å². The molecule has 1 heterocycles. The van der Waals surface area contributed by atoms with Crippen molar-refractivity contribution in [3.63, 3.8) is 0 Å². The van der Waals surface area contributed by atoms with Gasteiger partial charge in [0.1, 0.15) is 0 Å². The topological polar surface area (TPSA) is 29.1 Å². The average Bonchev–Trinajstić information content (AvgIpc) is 2.65. The molecule has 1 aliphatic rings. The van der Waals surface area contributed by atoms with Gasteiger partial charge >= 0.3 is 0 Å². The van der Waals surface area contributed by atoms with Gasteiger partial charge in [-0.1, -0.05) is 48.5 Å². The first-order chi connectivity index (χ1) is 8.22. The van der Waals surface area contributed by atoms with Crippen molar-refractivity contribution in [1.82, 2.24) is 5.32 Å². The predicted molar refractivity (Wildman–Crippen MR) is 66.8 cm³/mol. The zero-order chi connectivity index (χ0) is 11.9. The van der Waals surface area contributed by atoms with Crippen molar-refractivity contribution in [2.75, 3.05) is 0 Å². The Labute approximate surface area is 100 Å². The summed E-state index contributed by atoms with van der Waals surface area (Å²) < 4.78 is 0. The first kappa shape index (κ1) is 10.1. The Morgan fingerprint density at radius 3 is 2.35 bits per heavy atom. The van der Waals surface area contributed by atoms with Gasteiger partial charge in [0, 0.05) is 5.56 Å². The molecular weight excluding hydrogens is 210 g/mol. The second kappa shape index (κ2) is 3.45. The first-order valence-electron chi connectivity index (χ1n) is 5.69. The molecule has 1 N–H and O–H groups in total. The number of benzene rings is 2. The highest BCUT2D eigenvalue weighted by Crippen LogP contribution is 2.36. The molecule has 0 aliphatic carbocycles. The highest BCUT2D eigenvalue weighted by Gasteiger charge is 2.39. The van der Waals surface area contributed by atoms with E-state index in [1.807, 2.05) is 61.5 Å². The van der Waals surface area contributed by atoms with Crippen LogP contribution < -0.4 is 5.32 Å². The van der Waals surface area contributed by atoms with Gasteiger partial charge in [-0.15, -0.1) is 0 Å². The molecule has 0 saturated carbocycles. The molecule has 0 aromatic heterocycles. The number of rotatable bonds is 1. The highest BCUT2D eigenvalue weighted by molar-refractivity contribution is 6.00. The van der Waals surface area contributed by atoms with Crippen molar-refractivity contribution in [3.8, 4) is 0 Å². The van der Waals surface area contributed by atoms with E-state index in [0.717, 1.165) is 16.7 Å². The van der Waals surface area contributed by atoms with Crippen LogP contribution in [-0.2, 0) is 5.54 Å². The molecule has 2 aromatic carbocycles. The Kier molecular flexibility index (Phi) is 2.05. The van der Waals surface area contributed by atoms with E-state index in [0.29, 0.717) is 0 Å². The highest BCUT2D eigenvalue weighted by atomic mass is 16.2. The summed E-state index contributed by atoms with van der Waals surface area (Å²) in [5.41, 5.74) is 2.53. The fourth-order valence-electron chi connectivity index (χ4n) is 2.48. The fraction of sp³-hybridized carbons (Fsp3) is 0.133. The van der Waals surface area contributed by atoms with Crippen LogP contribution in [0.3, 0.4) is 0 Å². The summed E-state index contributed by atoms with van der Waals surface area (Å²) in [4.78, 5) is 11.9. The van der Waals surface area contributed by atoms with Crippen LogP contribution in [0.4, 0.5) is 0 Å². The number of fused-ring (bicyclic) bond motifs is 1. The largest absolute Gasteiger partial charge is 0.339 e. The molecular formula is C15H13NO. The van der Waals surface area contributed by atoms with E-state index < -0.39 is 5.54 Å². The summed E-state index contributed by atoms with van der Waals surface area (Å²) in [5, 5.41) is 3.07. The maximum atomic E-state index is 11.9. The lowest BCUT2D eigenvalue weighted by Crippen LogP contribution is -2.37. The zero-order valence-electron chi connectivity index (χ0n) is 9.60. The summed E-state index contributed by atoms with van der Waals surface area (Å²) in [6, 6.07) is 17.8. The van der Waals surface area contributed by atoms with Crippen LogP contribution in [0.1, 0.15) is 28.4 Å². The number of carbonyl (C=O) groups is 1. The molecule has 0 unspecified atom stereocenters. The SMILES string of the molecule is C[C@]1(c2ccccc2)NC(=O)c2ccccc21. The van der Waals surface area contributed by atoms with Crippen LogP contribution in [0.15, 0.2) is 54.6 Å². The molecule has 2 nitrogen and oxygen atoms in total. The van der Waals surface area contributed by atoms with Gasteiger partial charge in [-0.2, -0.15) is 0 Å². The summed E-state index contributed by atoms with van der Waals surface area (Å²) >= 11 is 0. The van der Waals surface area contributed by atoms with E-state index in [9.17, 15) is 4.79 Å². The minimum Gasteiger partial charge on any atom is -0.339 e. The summed E-state index contributed by atoms with van der Waals surface area (Å²) in [6.07, 6.45) is 0. The standard InChI is InChI=1S/C15H13NO/c1-15(11-7-3-2-4-8-11)13-10-6-5-9-12(13)14(17)16-15/h2-10H,1H3,(H,16,17)/t15-/m1/s1. The molecule has 17 heavy (non-hydrogen) atoms. The van der Waals surface area contributed by atoms with Gasteiger partial charge < -0.3 is 5.32 Å². The molecule has 1 amide bonds. The normalized spacial score (nSPS) is 22.1. The van der Waals surface area contributed by atoms with E-state index in [-0.39, 0.29) is 5.91 Å². The predicted octanol–water partition coefficient (Wildman–Crippen LogP) is 2.69. The Morgan fingerprint density at radius 1 is 0.941 bits per heavy atom. The van der Waals surface area contributed by atoms with E-state index in [4.69, 9.17) is 0 Å². The summed E-state index contributed by atoms with van der Waals surface area (Å²) in [5.74, 6) is 0.00644. The molecule has 1 aliphatic heterocycles. The number of hydrogen-bond acceptors (Lipinski definition) is 1. The van der Waals surface area contributed by atoms with Crippen molar-refractivity contribution >= 4 is 5.91 Å². The van der Waals surface area contributed by atoms with Crippen molar-refractivity contribution in [2.24, 2.45) is 0 Å². The van der Waals surface area contributed by atoms with Gasteiger partial charge in [0.2, 0.25) is 0 Å². The average molecular weight is 223 g/mol. The first-order valence-corrected chi connectivity index (χ1v) is 5.69. The minimum atomic E-state index is -0.408. The van der Waals surface area contributed by atoms with Crippen molar-refractivity contribution in [2.45, 2.75) is 12.5 Å². The summed E-state index contributed by atoms with van der Waals surface area (Å²) in [7, 11) is 0. The third-order valence-electron chi connectivity index (χ3n) is 3.43. The Morgan fingerprint density at radius 2 is 1.59 bits per heavy atom. The maximum absolute atomic E-state index is 11.9. The smallest absolute Gasteiger partial charge is 0.252 e. The lowest BCUT2D eigenvalue weighted by molar-refractivity contribution is 0.0945. The quantitative estimate of drug-likeness (QED) is 0.791. The van der Waals surface area contributed by atoms with Crippen LogP contribution in [0, 0.1) is 0 Å². The van der Waals surface area contributed by atoms with E-state index >= 15 is 0 Å². The number of carbonyl (C=O) groups excluding carboxylic acids is 1.